The number of hydrogen-bond donors (Lipinski definition) is 0. The van der Waals surface area contributed by atoms with Gasteiger partial charge < -0.3 is 4.74 Å². The Kier molecular flexibility index (Phi) is 3.70. The van der Waals surface area contributed by atoms with Crippen molar-refractivity contribution < 1.29 is 4.74 Å². The van der Waals surface area contributed by atoms with Crippen molar-refractivity contribution in [3.8, 4) is 5.75 Å². The molecule has 1 aromatic heterocycles. The monoisotopic (exact) mass is 376 g/mol. The van der Waals surface area contributed by atoms with Gasteiger partial charge in [-0.25, -0.2) is 0 Å². The summed E-state index contributed by atoms with van der Waals surface area (Å²) in [6, 6.07) is 12.9. The summed E-state index contributed by atoms with van der Waals surface area (Å²) >= 11 is 5.29. The fraction of sp³-hybridized carbons (Fsp3) is 0.353. The van der Waals surface area contributed by atoms with Crippen LogP contribution in [0.25, 0.3) is 0 Å². The second kappa shape index (κ2) is 5.70. The van der Waals surface area contributed by atoms with Crippen LogP contribution in [0.1, 0.15) is 42.7 Å². The van der Waals surface area contributed by atoms with Crippen molar-refractivity contribution in [3.63, 3.8) is 0 Å². The summed E-state index contributed by atoms with van der Waals surface area (Å²) in [5.41, 5.74) is 2.42. The van der Waals surface area contributed by atoms with Crippen molar-refractivity contribution in [3.05, 3.63) is 50.6 Å². The Morgan fingerprint density at radius 1 is 1.32 bits per heavy atom. The molecule has 0 aliphatic carbocycles. The fourth-order valence-electron chi connectivity index (χ4n) is 3.17. The van der Waals surface area contributed by atoms with Crippen LogP contribution in [0.3, 0.4) is 0 Å². The zero-order chi connectivity index (χ0) is 15.1. The summed E-state index contributed by atoms with van der Waals surface area (Å²) in [6.07, 6.45) is 3.08. The molecule has 2 aliphatic heterocycles. The van der Waals surface area contributed by atoms with E-state index >= 15 is 0 Å². The molecule has 2 aliphatic rings. The first-order valence-electron chi connectivity index (χ1n) is 7.63. The molecule has 0 saturated carbocycles. The predicted octanol–water partition coefficient (Wildman–Crippen LogP) is 5.18. The summed E-state index contributed by atoms with van der Waals surface area (Å²) in [5.74, 6) is 1.02. The first kappa shape index (κ1) is 14.3. The number of hydrazone groups is 1. The van der Waals surface area contributed by atoms with Crippen LogP contribution in [0.4, 0.5) is 0 Å². The highest BCUT2D eigenvalue weighted by atomic mass is 79.9. The van der Waals surface area contributed by atoms with E-state index in [0.29, 0.717) is 6.04 Å². The maximum atomic E-state index is 6.19. The van der Waals surface area contributed by atoms with Gasteiger partial charge in [-0.05, 0) is 34.1 Å². The molecule has 0 saturated heterocycles. The van der Waals surface area contributed by atoms with E-state index in [1.165, 1.54) is 16.2 Å². The van der Waals surface area contributed by atoms with E-state index < -0.39 is 0 Å². The van der Waals surface area contributed by atoms with Gasteiger partial charge in [0.25, 0.3) is 0 Å². The number of benzene rings is 1. The highest BCUT2D eigenvalue weighted by molar-refractivity contribution is 9.11. The van der Waals surface area contributed by atoms with Gasteiger partial charge in [-0.15, -0.1) is 11.3 Å². The van der Waals surface area contributed by atoms with Gasteiger partial charge in [0.05, 0.1) is 20.4 Å². The molecule has 1 aromatic carbocycles. The van der Waals surface area contributed by atoms with Crippen molar-refractivity contribution in [1.29, 1.82) is 0 Å². The number of rotatable bonds is 3. The van der Waals surface area contributed by atoms with Crippen LogP contribution in [-0.4, -0.2) is 16.9 Å². The molecule has 2 atom stereocenters. The Labute approximate surface area is 142 Å². The van der Waals surface area contributed by atoms with E-state index in [0.717, 1.165) is 28.8 Å². The molecular formula is C17H17BrN2OS. The molecular weight excluding hydrogens is 360 g/mol. The third kappa shape index (κ3) is 2.36. The van der Waals surface area contributed by atoms with Gasteiger partial charge in [-0.3, -0.25) is 5.01 Å². The molecule has 114 valence electrons. The lowest BCUT2D eigenvalue weighted by Gasteiger charge is -2.38. The van der Waals surface area contributed by atoms with Crippen LogP contribution < -0.4 is 4.74 Å². The normalized spacial score (nSPS) is 22.8. The van der Waals surface area contributed by atoms with Gasteiger partial charge in [0.15, 0.2) is 6.23 Å². The van der Waals surface area contributed by atoms with Crippen molar-refractivity contribution in [2.24, 2.45) is 5.10 Å². The van der Waals surface area contributed by atoms with E-state index in [2.05, 4.69) is 58.2 Å². The van der Waals surface area contributed by atoms with E-state index in [1.54, 1.807) is 11.3 Å². The third-order valence-electron chi connectivity index (χ3n) is 4.17. The number of ether oxygens (including phenoxy) is 1. The average molecular weight is 377 g/mol. The van der Waals surface area contributed by atoms with Crippen LogP contribution in [-0.2, 0) is 0 Å². The average Bonchev–Trinajstić information content (AvgIpc) is 3.14. The zero-order valence-electron chi connectivity index (χ0n) is 12.3. The summed E-state index contributed by atoms with van der Waals surface area (Å²) in [5, 5.41) is 7.08. The Balaban J connectivity index is 1.72. The summed E-state index contributed by atoms with van der Waals surface area (Å²) in [4.78, 5) is 1.24. The molecule has 5 heteroatoms. The van der Waals surface area contributed by atoms with Gasteiger partial charge in [0.2, 0.25) is 0 Å². The smallest absolute Gasteiger partial charge is 0.187 e. The maximum absolute atomic E-state index is 6.19. The standard InChI is InChI=1S/C17H17BrN2OS/c1-2-5-17-20-13(11-6-3-4-7-14(11)21-17)10-12(19-20)15-8-9-16(18)22-15/h3-4,6-9,13,17H,2,5,10H2,1H3/t13-,17-/m1/s1. The zero-order valence-corrected chi connectivity index (χ0v) is 14.7. The minimum absolute atomic E-state index is 0.0470. The van der Waals surface area contributed by atoms with Crippen LogP contribution in [0, 0.1) is 0 Å². The highest BCUT2D eigenvalue weighted by Gasteiger charge is 2.39. The molecule has 22 heavy (non-hydrogen) atoms. The number of nitrogens with zero attached hydrogens (tertiary/aromatic N) is 2. The van der Waals surface area contributed by atoms with Crippen LogP contribution in [0.2, 0.25) is 0 Å². The van der Waals surface area contributed by atoms with Gasteiger partial charge in [0.1, 0.15) is 5.75 Å². The Morgan fingerprint density at radius 2 is 2.18 bits per heavy atom. The van der Waals surface area contributed by atoms with E-state index in [9.17, 15) is 0 Å². The SMILES string of the molecule is CCC[C@H]1Oc2ccccc2[C@H]2CC(c3ccc(Br)s3)=NN21. The van der Waals surface area contributed by atoms with Crippen LogP contribution >= 0.6 is 27.3 Å². The number of fused-ring (bicyclic) bond motifs is 3. The molecule has 0 amide bonds. The molecule has 4 rings (SSSR count). The second-order valence-corrected chi connectivity index (χ2v) is 8.11. The number of hydrogen-bond acceptors (Lipinski definition) is 4. The number of para-hydroxylation sites is 1. The summed E-state index contributed by atoms with van der Waals surface area (Å²) < 4.78 is 7.34. The minimum Gasteiger partial charge on any atom is -0.469 e. The molecule has 0 unspecified atom stereocenters. The number of halogens is 1. The molecule has 0 radical (unpaired) electrons. The lowest BCUT2D eigenvalue weighted by atomic mass is 9.98. The lowest BCUT2D eigenvalue weighted by Crippen LogP contribution is -2.40. The molecule has 0 spiro atoms. The van der Waals surface area contributed by atoms with Gasteiger partial charge in [-0.1, -0.05) is 31.5 Å². The van der Waals surface area contributed by atoms with Crippen LogP contribution in [0.5, 0.6) is 5.75 Å². The maximum Gasteiger partial charge on any atom is 0.187 e. The number of thiophene rings is 1. The molecule has 0 N–H and O–H groups in total. The predicted molar refractivity (Wildman–Crippen MR) is 93.5 cm³/mol. The summed E-state index contributed by atoms with van der Waals surface area (Å²) in [7, 11) is 0. The highest BCUT2D eigenvalue weighted by Crippen LogP contribution is 2.44. The van der Waals surface area contributed by atoms with E-state index in [-0.39, 0.29) is 6.23 Å². The van der Waals surface area contributed by atoms with Crippen molar-refractivity contribution in [2.75, 3.05) is 0 Å². The molecule has 0 bridgehead atoms. The van der Waals surface area contributed by atoms with Gasteiger partial charge >= 0.3 is 0 Å². The topological polar surface area (TPSA) is 24.8 Å². The van der Waals surface area contributed by atoms with Gasteiger partial charge in [0, 0.05) is 18.4 Å². The minimum atomic E-state index is 0.0470. The summed E-state index contributed by atoms with van der Waals surface area (Å²) in [6.45, 7) is 2.19. The Bertz CT molecular complexity index is 727. The van der Waals surface area contributed by atoms with E-state index in [1.807, 2.05) is 6.07 Å². The fourth-order valence-corrected chi connectivity index (χ4v) is 4.54. The molecule has 3 heterocycles. The molecule has 3 nitrogen and oxygen atoms in total. The first-order valence-corrected chi connectivity index (χ1v) is 9.24. The van der Waals surface area contributed by atoms with Crippen LogP contribution in [0.15, 0.2) is 45.3 Å². The first-order chi connectivity index (χ1) is 10.8. The quantitative estimate of drug-likeness (QED) is 0.736. The van der Waals surface area contributed by atoms with E-state index in [4.69, 9.17) is 9.84 Å². The second-order valence-electron chi connectivity index (χ2n) is 5.65. The Hall–Kier alpha value is -1.33. The molecule has 0 fully saturated rings. The van der Waals surface area contributed by atoms with Crippen molar-refractivity contribution >= 4 is 33.0 Å². The third-order valence-corrected chi connectivity index (χ3v) is 5.84. The van der Waals surface area contributed by atoms with Crippen molar-refractivity contribution in [1.82, 2.24) is 5.01 Å². The largest absolute Gasteiger partial charge is 0.469 e. The molecule has 2 aromatic rings. The van der Waals surface area contributed by atoms with Gasteiger partial charge in [-0.2, -0.15) is 5.10 Å². The van der Waals surface area contributed by atoms with Crippen molar-refractivity contribution in [2.45, 2.75) is 38.5 Å². The Morgan fingerprint density at radius 3 is 2.95 bits per heavy atom. The lowest BCUT2D eigenvalue weighted by molar-refractivity contribution is -0.0223.